The average Bonchev–Trinajstić information content (AvgIpc) is 2.82. The quantitative estimate of drug-likeness (QED) is 0.281. The molecule has 11 heteroatoms. The Morgan fingerprint density at radius 2 is 1.82 bits per heavy atom. The van der Waals surface area contributed by atoms with Gasteiger partial charge in [0.25, 0.3) is 0 Å². The highest BCUT2D eigenvalue weighted by atomic mass is 35.5. The van der Waals surface area contributed by atoms with Crippen LogP contribution in [0.4, 0.5) is 14.5 Å². The van der Waals surface area contributed by atoms with E-state index in [9.17, 15) is 22.0 Å². The van der Waals surface area contributed by atoms with Crippen LogP contribution in [0.15, 0.2) is 55.0 Å². The van der Waals surface area contributed by atoms with Crippen LogP contribution >= 0.6 is 11.6 Å². The van der Waals surface area contributed by atoms with Crippen molar-refractivity contribution in [2.45, 2.75) is 13.3 Å². The summed E-state index contributed by atoms with van der Waals surface area (Å²) in [4.78, 5) is 25.9. The maximum absolute atomic E-state index is 14.7. The molecule has 4 aromatic rings. The van der Waals surface area contributed by atoms with Gasteiger partial charge in [-0.25, -0.2) is 22.2 Å². The Bertz CT molecular complexity index is 1520. The minimum atomic E-state index is -3.86. The van der Waals surface area contributed by atoms with Crippen molar-refractivity contribution in [2.24, 2.45) is 0 Å². The first-order valence-corrected chi connectivity index (χ1v) is 12.1. The number of pyridine rings is 1. The molecule has 7 nitrogen and oxygen atoms in total. The van der Waals surface area contributed by atoms with Gasteiger partial charge in [0.15, 0.2) is 17.4 Å². The Morgan fingerprint density at radius 1 is 1.09 bits per heavy atom. The maximum Gasteiger partial charge on any atom is 0.232 e. The fraction of sp³-hybridized carbons (Fsp3) is 0.130. The Hall–Kier alpha value is -3.50. The van der Waals surface area contributed by atoms with Crippen molar-refractivity contribution >= 4 is 44.1 Å². The van der Waals surface area contributed by atoms with Crippen molar-refractivity contribution in [1.82, 2.24) is 15.0 Å². The van der Waals surface area contributed by atoms with Crippen LogP contribution in [0.3, 0.4) is 0 Å². The number of hydrogen-bond donors (Lipinski definition) is 1. The molecule has 0 atom stereocenters. The summed E-state index contributed by atoms with van der Waals surface area (Å²) in [5.74, 6) is -4.09. The van der Waals surface area contributed by atoms with Crippen molar-refractivity contribution in [1.29, 1.82) is 0 Å². The zero-order chi connectivity index (χ0) is 24.5. The lowest BCUT2D eigenvalue weighted by molar-refractivity contribution is 0.103. The standard InChI is InChI=1S/C23H17ClF2N4O3S/c1-2-9-34(32,33)30-18-11-15(25)22(26)20(21(18)24)23(31)14-3-4-16-17(10-14)29-19(12-28-16)13-5-7-27-8-6-13/h3-8,10-12,30H,2,9H2,1H3. The Morgan fingerprint density at radius 3 is 2.53 bits per heavy atom. The van der Waals surface area contributed by atoms with Gasteiger partial charge in [0.05, 0.1) is 45.0 Å². The van der Waals surface area contributed by atoms with Crippen LogP contribution in [-0.2, 0) is 10.0 Å². The van der Waals surface area contributed by atoms with Crippen LogP contribution in [-0.4, -0.2) is 34.9 Å². The average molecular weight is 503 g/mol. The molecule has 2 aromatic carbocycles. The Balaban J connectivity index is 1.78. The SMILES string of the molecule is CCCS(=O)(=O)Nc1cc(F)c(F)c(C(=O)c2ccc3ncc(-c4ccncc4)nc3c2)c1Cl. The number of sulfonamides is 1. The number of anilines is 1. The molecule has 34 heavy (non-hydrogen) atoms. The molecular formula is C23H17ClF2N4O3S. The van der Waals surface area contributed by atoms with Gasteiger partial charge in [-0.3, -0.25) is 19.5 Å². The highest BCUT2D eigenvalue weighted by Gasteiger charge is 2.26. The number of halogens is 3. The first kappa shape index (κ1) is 23.7. The van der Waals surface area contributed by atoms with E-state index in [1.165, 1.54) is 18.2 Å². The molecular weight excluding hydrogens is 486 g/mol. The van der Waals surface area contributed by atoms with Gasteiger partial charge in [0.2, 0.25) is 10.0 Å². The number of carbonyl (C=O) groups is 1. The van der Waals surface area contributed by atoms with Gasteiger partial charge in [-0.1, -0.05) is 18.5 Å². The number of ketones is 1. The Labute approximate surface area is 198 Å². The van der Waals surface area contributed by atoms with Crippen molar-refractivity contribution in [3.05, 3.63) is 82.8 Å². The topological polar surface area (TPSA) is 102 Å². The smallest absolute Gasteiger partial charge is 0.232 e. The number of rotatable bonds is 7. The van der Waals surface area contributed by atoms with Gasteiger partial charge >= 0.3 is 0 Å². The van der Waals surface area contributed by atoms with E-state index in [2.05, 4.69) is 19.7 Å². The summed E-state index contributed by atoms with van der Waals surface area (Å²) >= 11 is 6.17. The van der Waals surface area contributed by atoms with Crippen molar-refractivity contribution in [2.75, 3.05) is 10.5 Å². The summed E-state index contributed by atoms with van der Waals surface area (Å²) in [6.45, 7) is 1.64. The molecule has 0 unspecified atom stereocenters. The summed E-state index contributed by atoms with van der Waals surface area (Å²) in [5, 5.41) is -0.541. The van der Waals surface area contributed by atoms with Gasteiger partial charge < -0.3 is 0 Å². The minimum Gasteiger partial charge on any atom is -0.288 e. The van der Waals surface area contributed by atoms with E-state index in [0.29, 0.717) is 29.2 Å². The molecule has 0 bridgehead atoms. The molecule has 0 aliphatic carbocycles. The van der Waals surface area contributed by atoms with Crippen molar-refractivity contribution in [3.8, 4) is 11.3 Å². The molecule has 0 saturated heterocycles. The highest BCUT2D eigenvalue weighted by Crippen LogP contribution is 2.33. The van der Waals surface area contributed by atoms with Gasteiger partial charge in [0.1, 0.15) is 0 Å². The van der Waals surface area contributed by atoms with Crippen molar-refractivity contribution in [3.63, 3.8) is 0 Å². The lowest BCUT2D eigenvalue weighted by Gasteiger charge is -2.13. The molecule has 0 aliphatic heterocycles. The van der Waals surface area contributed by atoms with E-state index < -0.39 is 43.7 Å². The van der Waals surface area contributed by atoms with E-state index in [0.717, 1.165) is 5.56 Å². The van der Waals surface area contributed by atoms with E-state index in [-0.39, 0.29) is 11.3 Å². The number of aromatic nitrogens is 3. The molecule has 174 valence electrons. The number of nitrogens with one attached hydrogen (secondary N) is 1. The van der Waals surface area contributed by atoms with Crippen LogP contribution in [0.2, 0.25) is 5.02 Å². The van der Waals surface area contributed by atoms with Crippen LogP contribution in [0.1, 0.15) is 29.3 Å². The van der Waals surface area contributed by atoms with Crippen LogP contribution < -0.4 is 4.72 Å². The lowest BCUT2D eigenvalue weighted by Crippen LogP contribution is -2.18. The van der Waals surface area contributed by atoms with E-state index in [1.807, 2.05) is 0 Å². The molecule has 0 spiro atoms. The van der Waals surface area contributed by atoms with E-state index in [1.54, 1.807) is 37.6 Å². The van der Waals surface area contributed by atoms with Crippen molar-refractivity contribution < 1.29 is 22.0 Å². The molecule has 2 aromatic heterocycles. The van der Waals surface area contributed by atoms with Crippen LogP contribution in [0, 0.1) is 11.6 Å². The fourth-order valence-corrected chi connectivity index (χ4v) is 4.79. The lowest BCUT2D eigenvalue weighted by atomic mass is 10.0. The summed E-state index contributed by atoms with van der Waals surface area (Å²) in [7, 11) is -3.86. The second kappa shape index (κ2) is 9.40. The molecule has 0 radical (unpaired) electrons. The number of benzene rings is 2. The van der Waals surface area contributed by atoms with Crippen LogP contribution in [0.5, 0.6) is 0 Å². The van der Waals surface area contributed by atoms with Gasteiger partial charge in [-0.05, 0) is 36.8 Å². The number of fused-ring (bicyclic) bond motifs is 1. The first-order valence-electron chi connectivity index (χ1n) is 10.1. The largest absolute Gasteiger partial charge is 0.288 e. The monoisotopic (exact) mass is 502 g/mol. The van der Waals surface area contributed by atoms with E-state index in [4.69, 9.17) is 11.6 Å². The fourth-order valence-electron chi connectivity index (χ4n) is 3.32. The third-order valence-corrected chi connectivity index (χ3v) is 6.77. The van der Waals surface area contributed by atoms with E-state index >= 15 is 0 Å². The minimum absolute atomic E-state index is 0.0255. The van der Waals surface area contributed by atoms with Crippen LogP contribution in [0.25, 0.3) is 22.3 Å². The maximum atomic E-state index is 14.7. The molecule has 4 rings (SSSR count). The number of carbonyl (C=O) groups excluding carboxylic acids is 1. The molecule has 0 amide bonds. The Kier molecular flexibility index (Phi) is 6.54. The second-order valence-electron chi connectivity index (χ2n) is 7.35. The summed E-state index contributed by atoms with van der Waals surface area (Å²) < 4.78 is 55.3. The molecule has 0 aliphatic rings. The first-order chi connectivity index (χ1) is 16.2. The highest BCUT2D eigenvalue weighted by molar-refractivity contribution is 7.92. The summed E-state index contributed by atoms with van der Waals surface area (Å²) in [5.41, 5.74) is 0.880. The molecule has 0 saturated carbocycles. The summed E-state index contributed by atoms with van der Waals surface area (Å²) in [6, 6.07) is 8.38. The zero-order valence-corrected chi connectivity index (χ0v) is 19.3. The third-order valence-electron chi connectivity index (χ3n) is 4.90. The molecule has 1 N–H and O–H groups in total. The molecule has 2 heterocycles. The third kappa shape index (κ3) is 4.73. The van der Waals surface area contributed by atoms with Gasteiger partial charge in [-0.2, -0.15) is 0 Å². The van der Waals surface area contributed by atoms with Gasteiger partial charge in [0, 0.05) is 29.6 Å². The predicted octanol–water partition coefficient (Wildman–Crippen LogP) is 5.01. The number of hydrogen-bond acceptors (Lipinski definition) is 6. The normalized spacial score (nSPS) is 11.5. The second-order valence-corrected chi connectivity index (χ2v) is 9.57. The predicted molar refractivity (Wildman–Crippen MR) is 125 cm³/mol. The number of nitrogens with zero attached hydrogens (tertiary/aromatic N) is 3. The zero-order valence-electron chi connectivity index (χ0n) is 17.7. The van der Waals surface area contributed by atoms with Gasteiger partial charge in [-0.15, -0.1) is 0 Å². The summed E-state index contributed by atoms with van der Waals surface area (Å²) in [6.07, 6.45) is 5.06. The molecule has 0 fully saturated rings.